The van der Waals surface area contributed by atoms with Gasteiger partial charge >= 0.3 is 5.97 Å². The van der Waals surface area contributed by atoms with Gasteiger partial charge in [0.25, 0.3) is 0 Å². The van der Waals surface area contributed by atoms with Crippen LogP contribution in [0.2, 0.25) is 0 Å². The molecule has 22 heavy (non-hydrogen) atoms. The Morgan fingerprint density at radius 1 is 1.32 bits per heavy atom. The van der Waals surface area contributed by atoms with Crippen LogP contribution >= 0.6 is 0 Å². The molecule has 0 aromatic heterocycles. The van der Waals surface area contributed by atoms with Gasteiger partial charge in [0.2, 0.25) is 0 Å². The van der Waals surface area contributed by atoms with Crippen LogP contribution in [0.5, 0.6) is 0 Å². The van der Waals surface area contributed by atoms with Crippen molar-refractivity contribution in [1.82, 2.24) is 0 Å². The van der Waals surface area contributed by atoms with Crippen LogP contribution in [-0.4, -0.2) is 19.6 Å². The molecule has 118 valence electrons. The average molecular weight is 301 g/mol. The number of rotatable bonds is 6. The van der Waals surface area contributed by atoms with Crippen LogP contribution in [0.3, 0.4) is 0 Å². The van der Waals surface area contributed by atoms with Crippen LogP contribution < -0.4 is 5.84 Å². The van der Waals surface area contributed by atoms with Gasteiger partial charge in [0.05, 0.1) is 13.7 Å². The van der Waals surface area contributed by atoms with E-state index in [-0.39, 0.29) is 5.97 Å². The van der Waals surface area contributed by atoms with Crippen molar-refractivity contribution in [2.24, 2.45) is 28.0 Å². The van der Waals surface area contributed by atoms with E-state index in [1.54, 1.807) is 6.08 Å². The Hall–Kier alpha value is -2.17. The van der Waals surface area contributed by atoms with Gasteiger partial charge in [-0.1, -0.05) is 35.9 Å². The number of nitrogens with zero attached hydrogens (tertiary/aromatic N) is 2. The van der Waals surface area contributed by atoms with Crippen LogP contribution in [-0.2, 0) is 16.0 Å². The molecule has 5 nitrogen and oxygen atoms in total. The molecule has 1 aromatic rings. The summed E-state index contributed by atoms with van der Waals surface area (Å²) in [7, 11) is 1.37. The lowest BCUT2D eigenvalue weighted by atomic mass is 9.89. The number of hydrogen-bond donors (Lipinski definition) is 1. The highest BCUT2D eigenvalue weighted by atomic mass is 16.5. The average Bonchev–Trinajstić information content (AvgIpc) is 2.99. The van der Waals surface area contributed by atoms with E-state index in [0.29, 0.717) is 11.8 Å². The molecular weight excluding hydrogens is 278 g/mol. The first-order chi connectivity index (χ1) is 10.7. The molecule has 5 heteroatoms. The smallest absolute Gasteiger partial charge is 0.330 e. The van der Waals surface area contributed by atoms with Crippen molar-refractivity contribution in [3.63, 3.8) is 0 Å². The number of ether oxygens (including phenoxy) is 1. The fraction of sp³-hybridized carbons (Fsp3) is 0.471. The summed E-state index contributed by atoms with van der Waals surface area (Å²) in [5.74, 6) is 6.00. The first-order valence-electron chi connectivity index (χ1n) is 7.64. The minimum atomic E-state index is -0.341. The van der Waals surface area contributed by atoms with Gasteiger partial charge in [0.15, 0.2) is 0 Å². The Morgan fingerprint density at radius 3 is 2.73 bits per heavy atom. The fourth-order valence-corrected chi connectivity index (χ4v) is 3.07. The van der Waals surface area contributed by atoms with E-state index in [1.807, 2.05) is 12.1 Å². The highest BCUT2D eigenvalue weighted by Crippen LogP contribution is 2.34. The predicted octanol–water partition coefficient (Wildman–Crippen LogP) is 3.16. The van der Waals surface area contributed by atoms with Crippen molar-refractivity contribution < 1.29 is 9.53 Å². The molecule has 2 rings (SSSR count). The van der Waals surface area contributed by atoms with E-state index in [1.165, 1.54) is 38.0 Å². The molecule has 0 spiro atoms. The SMILES string of the molecule is COC(=O)/C=C/c1ccc(CC2CCC[C@@H]2CN=NN)cc1. The standard InChI is InChI=1S/C17H23N3O2/c1-22-17(21)10-9-13-5-7-14(8-6-13)11-15-3-2-4-16(15)12-19-20-18/h5-10,15-16H,2-4,11-12H2,1H3,(H2,18,19)/b10-9+/t15?,16-/m1/s1. The van der Waals surface area contributed by atoms with Crippen molar-refractivity contribution in [2.45, 2.75) is 25.7 Å². The zero-order chi connectivity index (χ0) is 15.8. The molecule has 0 aliphatic heterocycles. The van der Waals surface area contributed by atoms with Crippen LogP contribution in [0.1, 0.15) is 30.4 Å². The minimum absolute atomic E-state index is 0.341. The second-order valence-electron chi connectivity index (χ2n) is 5.69. The maximum absolute atomic E-state index is 11.1. The Balaban J connectivity index is 1.93. The van der Waals surface area contributed by atoms with Gasteiger partial charge in [-0.05, 0) is 48.3 Å². The number of benzene rings is 1. The lowest BCUT2D eigenvalue weighted by Crippen LogP contribution is -2.14. The van der Waals surface area contributed by atoms with Crippen molar-refractivity contribution in [2.75, 3.05) is 13.7 Å². The second kappa shape index (κ2) is 8.32. The Bertz CT molecular complexity index is 537. The van der Waals surface area contributed by atoms with Gasteiger partial charge in [0.1, 0.15) is 0 Å². The normalized spacial score (nSPS) is 21.7. The van der Waals surface area contributed by atoms with E-state index >= 15 is 0 Å². The van der Waals surface area contributed by atoms with Gasteiger partial charge < -0.3 is 10.6 Å². The number of esters is 1. The summed E-state index contributed by atoms with van der Waals surface area (Å²) in [5, 5.41) is 7.33. The molecule has 0 saturated heterocycles. The third-order valence-electron chi connectivity index (χ3n) is 4.30. The van der Waals surface area contributed by atoms with E-state index < -0.39 is 0 Å². The van der Waals surface area contributed by atoms with Gasteiger partial charge in [-0.15, -0.1) is 0 Å². The van der Waals surface area contributed by atoms with Gasteiger partial charge in [-0.2, -0.15) is 5.11 Å². The molecule has 2 N–H and O–H groups in total. The number of methoxy groups -OCH3 is 1. The first-order valence-corrected chi connectivity index (χ1v) is 7.64. The third-order valence-corrected chi connectivity index (χ3v) is 4.30. The second-order valence-corrected chi connectivity index (χ2v) is 5.69. The number of hydrogen-bond acceptors (Lipinski definition) is 4. The molecular formula is C17H23N3O2. The molecule has 1 aromatic carbocycles. The maximum Gasteiger partial charge on any atom is 0.330 e. The zero-order valence-electron chi connectivity index (χ0n) is 12.9. The Kier molecular flexibility index (Phi) is 6.13. The summed E-state index contributed by atoms with van der Waals surface area (Å²) in [6.07, 6.45) is 7.97. The predicted molar refractivity (Wildman–Crippen MR) is 85.9 cm³/mol. The van der Waals surface area contributed by atoms with Gasteiger partial charge in [-0.25, -0.2) is 4.79 Å². The molecule has 1 saturated carbocycles. The van der Waals surface area contributed by atoms with Crippen LogP contribution in [0.15, 0.2) is 40.7 Å². The van der Waals surface area contributed by atoms with Crippen LogP contribution in [0, 0.1) is 11.8 Å². The Labute approximate surface area is 131 Å². The van der Waals surface area contributed by atoms with Gasteiger partial charge in [0, 0.05) is 6.08 Å². The van der Waals surface area contributed by atoms with Crippen LogP contribution in [0.4, 0.5) is 0 Å². The topological polar surface area (TPSA) is 77.0 Å². The molecule has 0 amide bonds. The lowest BCUT2D eigenvalue weighted by molar-refractivity contribution is -0.134. The molecule has 1 fully saturated rings. The molecule has 1 aliphatic carbocycles. The molecule has 1 unspecified atom stereocenters. The summed E-state index contributed by atoms with van der Waals surface area (Å²) in [4.78, 5) is 11.1. The largest absolute Gasteiger partial charge is 0.466 e. The minimum Gasteiger partial charge on any atom is -0.466 e. The van der Waals surface area contributed by atoms with Crippen molar-refractivity contribution >= 4 is 12.0 Å². The van der Waals surface area contributed by atoms with E-state index in [0.717, 1.165) is 18.5 Å². The first kappa shape index (κ1) is 16.2. The lowest BCUT2D eigenvalue weighted by Gasteiger charge is -2.17. The molecule has 0 radical (unpaired) electrons. The zero-order valence-corrected chi connectivity index (χ0v) is 12.9. The maximum atomic E-state index is 11.1. The number of carbonyl (C=O) groups is 1. The van der Waals surface area contributed by atoms with Crippen molar-refractivity contribution in [3.05, 3.63) is 41.5 Å². The fourth-order valence-electron chi connectivity index (χ4n) is 3.07. The quantitative estimate of drug-likeness (QED) is 0.288. The van der Waals surface area contributed by atoms with E-state index in [2.05, 4.69) is 27.2 Å². The van der Waals surface area contributed by atoms with Crippen molar-refractivity contribution in [3.8, 4) is 0 Å². The molecule has 1 aliphatic rings. The summed E-state index contributed by atoms with van der Waals surface area (Å²) in [6.45, 7) is 0.737. The number of carbonyl (C=O) groups excluding carboxylic acids is 1. The molecule has 0 heterocycles. The van der Waals surface area contributed by atoms with E-state index in [9.17, 15) is 4.79 Å². The summed E-state index contributed by atoms with van der Waals surface area (Å²) < 4.78 is 4.58. The highest BCUT2D eigenvalue weighted by molar-refractivity contribution is 5.86. The molecule has 0 bridgehead atoms. The van der Waals surface area contributed by atoms with Gasteiger partial charge in [-0.3, -0.25) is 0 Å². The van der Waals surface area contributed by atoms with E-state index in [4.69, 9.17) is 5.84 Å². The molecule has 2 atom stereocenters. The summed E-state index contributed by atoms with van der Waals surface area (Å²) in [6, 6.07) is 8.30. The monoisotopic (exact) mass is 301 g/mol. The third kappa shape index (κ3) is 4.69. The number of nitrogens with two attached hydrogens (primary N) is 1. The summed E-state index contributed by atoms with van der Waals surface area (Å²) >= 11 is 0. The van der Waals surface area contributed by atoms with Crippen LogP contribution in [0.25, 0.3) is 6.08 Å². The Morgan fingerprint density at radius 2 is 2.05 bits per heavy atom. The van der Waals surface area contributed by atoms with Crippen molar-refractivity contribution in [1.29, 1.82) is 0 Å². The summed E-state index contributed by atoms with van der Waals surface area (Å²) in [5.41, 5.74) is 2.31. The highest BCUT2D eigenvalue weighted by Gasteiger charge is 2.27.